The molecule has 1 atom stereocenters. The Hall–Kier alpha value is -1.58. The highest BCUT2D eigenvalue weighted by Crippen LogP contribution is 2.29. The molecular weight excluding hydrogens is 194 g/mol. The van der Waals surface area contributed by atoms with E-state index in [4.69, 9.17) is 5.11 Å². The van der Waals surface area contributed by atoms with Crippen LogP contribution in [0.25, 0.3) is 0 Å². The predicted molar refractivity (Wildman–Crippen MR) is 55.4 cm³/mol. The van der Waals surface area contributed by atoms with E-state index in [2.05, 4.69) is 0 Å². The highest BCUT2D eigenvalue weighted by atomic mass is 16.4. The SMILES string of the molecule is Cc1cc(=O)c(C(=O)O)c2n1CCC2C. The van der Waals surface area contributed by atoms with Crippen LogP contribution in [0.3, 0.4) is 0 Å². The molecule has 15 heavy (non-hydrogen) atoms. The third-order valence-corrected chi connectivity index (χ3v) is 3.03. The standard InChI is InChI=1S/C11H13NO3/c1-6-3-4-12-7(2)5-8(13)9(10(6)12)11(14)15/h5-6H,3-4H2,1-2H3,(H,14,15). The van der Waals surface area contributed by atoms with Gasteiger partial charge in [-0.2, -0.15) is 0 Å². The maximum atomic E-state index is 11.6. The van der Waals surface area contributed by atoms with Crippen molar-refractivity contribution in [1.29, 1.82) is 0 Å². The van der Waals surface area contributed by atoms with Crippen molar-refractivity contribution in [3.05, 3.63) is 33.2 Å². The number of aryl methyl sites for hydroxylation is 1. The number of aromatic nitrogens is 1. The summed E-state index contributed by atoms with van der Waals surface area (Å²) in [6, 6.07) is 1.41. The molecule has 2 heterocycles. The topological polar surface area (TPSA) is 59.3 Å². The third-order valence-electron chi connectivity index (χ3n) is 3.03. The maximum absolute atomic E-state index is 11.6. The molecule has 1 aromatic heterocycles. The largest absolute Gasteiger partial charge is 0.477 e. The lowest BCUT2D eigenvalue weighted by molar-refractivity contribution is 0.0693. The summed E-state index contributed by atoms with van der Waals surface area (Å²) >= 11 is 0. The van der Waals surface area contributed by atoms with E-state index in [-0.39, 0.29) is 16.9 Å². The Morgan fingerprint density at radius 2 is 2.27 bits per heavy atom. The van der Waals surface area contributed by atoms with Crippen LogP contribution in [0.4, 0.5) is 0 Å². The summed E-state index contributed by atoms with van der Waals surface area (Å²) < 4.78 is 1.94. The summed E-state index contributed by atoms with van der Waals surface area (Å²) in [5, 5.41) is 9.03. The summed E-state index contributed by atoms with van der Waals surface area (Å²) in [5.41, 5.74) is 1.11. The number of pyridine rings is 1. The Morgan fingerprint density at radius 1 is 1.60 bits per heavy atom. The van der Waals surface area contributed by atoms with Gasteiger partial charge in [0.2, 0.25) is 0 Å². The molecule has 4 heteroatoms. The molecule has 0 bridgehead atoms. The molecule has 0 saturated heterocycles. The van der Waals surface area contributed by atoms with Crippen LogP contribution in [0.15, 0.2) is 10.9 Å². The molecule has 80 valence electrons. The first-order valence-corrected chi connectivity index (χ1v) is 5.00. The molecule has 0 aromatic carbocycles. The fraction of sp³-hybridized carbons (Fsp3) is 0.455. The zero-order chi connectivity index (χ0) is 11.2. The van der Waals surface area contributed by atoms with Gasteiger partial charge >= 0.3 is 5.97 Å². The van der Waals surface area contributed by atoms with Crippen LogP contribution in [-0.4, -0.2) is 15.6 Å². The van der Waals surface area contributed by atoms with Gasteiger partial charge in [0.25, 0.3) is 0 Å². The van der Waals surface area contributed by atoms with Gasteiger partial charge in [-0.15, -0.1) is 0 Å². The fourth-order valence-electron chi connectivity index (χ4n) is 2.27. The summed E-state index contributed by atoms with van der Waals surface area (Å²) in [6.07, 6.45) is 0.907. The number of hydrogen-bond donors (Lipinski definition) is 1. The summed E-state index contributed by atoms with van der Waals surface area (Å²) in [7, 11) is 0. The molecule has 1 unspecified atom stereocenters. The average Bonchev–Trinajstić information content (AvgIpc) is 2.48. The second kappa shape index (κ2) is 3.22. The van der Waals surface area contributed by atoms with Crippen molar-refractivity contribution in [2.75, 3.05) is 0 Å². The Balaban J connectivity index is 2.81. The van der Waals surface area contributed by atoms with E-state index in [9.17, 15) is 9.59 Å². The van der Waals surface area contributed by atoms with Gasteiger partial charge in [0.1, 0.15) is 5.56 Å². The zero-order valence-corrected chi connectivity index (χ0v) is 8.78. The van der Waals surface area contributed by atoms with Gasteiger partial charge in [0.15, 0.2) is 5.43 Å². The molecule has 0 fully saturated rings. The van der Waals surface area contributed by atoms with Crippen molar-refractivity contribution in [2.45, 2.75) is 32.7 Å². The van der Waals surface area contributed by atoms with Gasteiger partial charge in [0.05, 0.1) is 0 Å². The highest BCUT2D eigenvalue weighted by Gasteiger charge is 2.27. The van der Waals surface area contributed by atoms with Gasteiger partial charge in [-0.05, 0) is 19.3 Å². The summed E-state index contributed by atoms with van der Waals surface area (Å²) in [5.74, 6) is -0.957. The van der Waals surface area contributed by atoms with Crippen LogP contribution in [0.5, 0.6) is 0 Å². The summed E-state index contributed by atoms with van der Waals surface area (Å²) in [4.78, 5) is 22.6. The van der Waals surface area contributed by atoms with Crippen molar-refractivity contribution in [3.8, 4) is 0 Å². The van der Waals surface area contributed by atoms with Crippen molar-refractivity contribution >= 4 is 5.97 Å². The molecule has 0 saturated carbocycles. The summed E-state index contributed by atoms with van der Waals surface area (Å²) in [6.45, 7) is 4.61. The minimum Gasteiger partial charge on any atom is -0.477 e. The Morgan fingerprint density at radius 3 is 2.87 bits per heavy atom. The van der Waals surface area contributed by atoms with E-state index in [1.54, 1.807) is 0 Å². The molecule has 0 aliphatic carbocycles. The molecule has 1 N–H and O–H groups in total. The number of fused-ring (bicyclic) bond motifs is 1. The number of hydrogen-bond acceptors (Lipinski definition) is 2. The number of nitrogens with zero attached hydrogens (tertiary/aromatic N) is 1. The first-order valence-electron chi connectivity index (χ1n) is 5.00. The van der Waals surface area contributed by atoms with Gasteiger partial charge in [0, 0.05) is 24.0 Å². The molecular formula is C11H13NO3. The first kappa shape index (κ1) is 9.96. The minimum absolute atomic E-state index is 0.0504. The molecule has 1 aromatic rings. The Labute approximate surface area is 87.2 Å². The van der Waals surface area contributed by atoms with E-state index in [1.807, 2.05) is 18.4 Å². The van der Waals surface area contributed by atoms with Gasteiger partial charge in [-0.25, -0.2) is 4.79 Å². The molecule has 0 radical (unpaired) electrons. The number of aromatic carboxylic acids is 1. The van der Waals surface area contributed by atoms with E-state index in [0.29, 0.717) is 5.69 Å². The Kier molecular flexibility index (Phi) is 2.14. The monoisotopic (exact) mass is 207 g/mol. The second-order valence-electron chi connectivity index (χ2n) is 4.06. The lowest BCUT2D eigenvalue weighted by Gasteiger charge is -2.12. The number of carbonyl (C=O) groups is 1. The van der Waals surface area contributed by atoms with E-state index in [1.165, 1.54) is 6.07 Å². The quantitative estimate of drug-likeness (QED) is 0.756. The lowest BCUT2D eigenvalue weighted by Crippen LogP contribution is -2.22. The second-order valence-corrected chi connectivity index (χ2v) is 4.06. The maximum Gasteiger partial charge on any atom is 0.341 e. The van der Waals surface area contributed by atoms with Crippen molar-refractivity contribution < 1.29 is 9.90 Å². The molecule has 1 aliphatic rings. The molecule has 1 aliphatic heterocycles. The van der Waals surface area contributed by atoms with Crippen molar-refractivity contribution in [3.63, 3.8) is 0 Å². The molecule has 4 nitrogen and oxygen atoms in total. The van der Waals surface area contributed by atoms with Crippen molar-refractivity contribution in [1.82, 2.24) is 4.57 Å². The number of carboxylic acid groups (broad SMARTS) is 1. The minimum atomic E-state index is -1.11. The van der Waals surface area contributed by atoms with E-state index >= 15 is 0 Å². The Bertz CT molecular complexity index is 487. The van der Waals surface area contributed by atoms with Crippen LogP contribution in [0, 0.1) is 6.92 Å². The van der Waals surface area contributed by atoms with E-state index in [0.717, 1.165) is 18.7 Å². The van der Waals surface area contributed by atoms with Crippen molar-refractivity contribution in [2.24, 2.45) is 0 Å². The molecule has 2 rings (SSSR count). The first-order chi connectivity index (χ1) is 7.02. The predicted octanol–water partition coefficient (Wildman–Crippen LogP) is 1.36. The van der Waals surface area contributed by atoms with Crippen LogP contribution in [0.1, 0.15) is 41.0 Å². The zero-order valence-electron chi connectivity index (χ0n) is 8.78. The number of carboxylic acids is 1. The van der Waals surface area contributed by atoms with Crippen LogP contribution < -0.4 is 5.43 Å². The highest BCUT2D eigenvalue weighted by molar-refractivity contribution is 5.89. The van der Waals surface area contributed by atoms with E-state index < -0.39 is 5.97 Å². The smallest absolute Gasteiger partial charge is 0.341 e. The average molecular weight is 207 g/mol. The van der Waals surface area contributed by atoms with Gasteiger partial charge in [-0.1, -0.05) is 6.92 Å². The van der Waals surface area contributed by atoms with Gasteiger partial charge in [-0.3, -0.25) is 4.79 Å². The number of rotatable bonds is 1. The van der Waals surface area contributed by atoms with Crippen LogP contribution in [0.2, 0.25) is 0 Å². The fourth-order valence-corrected chi connectivity index (χ4v) is 2.27. The van der Waals surface area contributed by atoms with Crippen LogP contribution in [-0.2, 0) is 6.54 Å². The normalized spacial score (nSPS) is 18.9. The lowest BCUT2D eigenvalue weighted by atomic mass is 10.0. The van der Waals surface area contributed by atoms with Crippen LogP contribution >= 0.6 is 0 Å². The third kappa shape index (κ3) is 1.37. The molecule has 0 spiro atoms. The van der Waals surface area contributed by atoms with Gasteiger partial charge < -0.3 is 9.67 Å². The molecule has 0 amide bonds.